The molecule has 1 aromatic rings. The molecule has 0 fully saturated rings. The summed E-state index contributed by atoms with van der Waals surface area (Å²) in [6.07, 6.45) is 1.60. The molecule has 0 aliphatic carbocycles. The summed E-state index contributed by atoms with van der Waals surface area (Å²) < 4.78 is 1.60. The van der Waals surface area contributed by atoms with Gasteiger partial charge in [-0.25, -0.2) is 4.68 Å². The van der Waals surface area contributed by atoms with Crippen LogP contribution in [0.2, 0.25) is 0 Å². The van der Waals surface area contributed by atoms with Crippen molar-refractivity contribution in [2.45, 2.75) is 0 Å². The molecule has 2 N–H and O–H groups in total. The summed E-state index contributed by atoms with van der Waals surface area (Å²) >= 11 is 0. The lowest BCUT2D eigenvalue weighted by Crippen LogP contribution is -1.96. The van der Waals surface area contributed by atoms with Crippen molar-refractivity contribution in [3.05, 3.63) is 11.9 Å². The monoisotopic (exact) mass is 136 g/mol. The van der Waals surface area contributed by atoms with Gasteiger partial charge in [0.05, 0.1) is 12.7 Å². The van der Waals surface area contributed by atoms with Gasteiger partial charge in [0.1, 0.15) is 5.69 Å². The van der Waals surface area contributed by atoms with Crippen LogP contribution in [0.4, 0.5) is 0 Å². The van der Waals surface area contributed by atoms with Crippen LogP contribution in [0.1, 0.15) is 5.69 Å². The fourth-order valence-corrected chi connectivity index (χ4v) is 0.544. The first-order valence-corrected chi connectivity index (χ1v) is 2.88. The molecule has 0 saturated carbocycles. The largest absolute Gasteiger partial charge is 0.320 e. The molecule has 0 spiro atoms. The fraction of sp³-hybridized carbons (Fsp3) is 0.333. The van der Waals surface area contributed by atoms with E-state index in [0.29, 0.717) is 6.54 Å². The SMILES string of the molecule is Cn1nncc1C#CCN. The molecule has 4 nitrogen and oxygen atoms in total. The number of rotatable bonds is 0. The number of nitrogens with zero attached hydrogens (tertiary/aromatic N) is 3. The Hall–Kier alpha value is -1.34. The summed E-state index contributed by atoms with van der Waals surface area (Å²) in [7, 11) is 1.79. The lowest BCUT2D eigenvalue weighted by Gasteiger charge is -1.85. The highest BCUT2D eigenvalue weighted by Gasteiger charge is 1.90. The van der Waals surface area contributed by atoms with Gasteiger partial charge in [-0.2, -0.15) is 0 Å². The van der Waals surface area contributed by atoms with Crippen molar-refractivity contribution in [1.82, 2.24) is 15.0 Å². The predicted octanol–water partition coefficient (Wildman–Crippen LogP) is -0.875. The molecular weight excluding hydrogens is 128 g/mol. The van der Waals surface area contributed by atoms with E-state index in [2.05, 4.69) is 22.2 Å². The average Bonchev–Trinajstić information content (AvgIpc) is 2.31. The Bertz CT molecular complexity index is 265. The number of aryl methyl sites for hydroxylation is 1. The maximum absolute atomic E-state index is 5.17. The third-order valence-electron chi connectivity index (χ3n) is 1.03. The van der Waals surface area contributed by atoms with Crippen molar-refractivity contribution >= 4 is 0 Å². The van der Waals surface area contributed by atoms with Gasteiger partial charge in [0.2, 0.25) is 0 Å². The second-order valence-corrected chi connectivity index (χ2v) is 1.75. The molecule has 0 aliphatic rings. The van der Waals surface area contributed by atoms with E-state index in [9.17, 15) is 0 Å². The standard InChI is InChI=1S/C6H8N4/c1-10-6(3-2-4-7)5-8-9-10/h5H,4,7H2,1H3. The quantitative estimate of drug-likeness (QED) is 0.471. The Labute approximate surface area is 59.0 Å². The number of aromatic nitrogens is 3. The van der Waals surface area contributed by atoms with Gasteiger partial charge >= 0.3 is 0 Å². The van der Waals surface area contributed by atoms with E-state index >= 15 is 0 Å². The summed E-state index contributed by atoms with van der Waals surface area (Å²) in [5.41, 5.74) is 5.95. The van der Waals surface area contributed by atoms with Crippen LogP contribution in [0, 0.1) is 11.8 Å². The zero-order chi connectivity index (χ0) is 7.40. The van der Waals surface area contributed by atoms with Crippen molar-refractivity contribution in [1.29, 1.82) is 0 Å². The molecule has 52 valence electrons. The zero-order valence-electron chi connectivity index (χ0n) is 5.70. The van der Waals surface area contributed by atoms with Crippen molar-refractivity contribution in [3.8, 4) is 11.8 Å². The number of nitrogens with two attached hydrogens (primary N) is 1. The third kappa shape index (κ3) is 1.33. The van der Waals surface area contributed by atoms with Gasteiger partial charge in [-0.05, 0) is 5.92 Å². The predicted molar refractivity (Wildman–Crippen MR) is 36.9 cm³/mol. The molecule has 4 heteroatoms. The van der Waals surface area contributed by atoms with Crippen molar-refractivity contribution in [2.24, 2.45) is 12.8 Å². The molecule has 0 saturated heterocycles. The van der Waals surface area contributed by atoms with E-state index in [1.807, 2.05) is 0 Å². The second kappa shape index (κ2) is 2.99. The van der Waals surface area contributed by atoms with E-state index < -0.39 is 0 Å². The molecule has 10 heavy (non-hydrogen) atoms. The van der Waals surface area contributed by atoms with Gasteiger partial charge < -0.3 is 5.73 Å². The molecular formula is C6H8N4. The fourth-order valence-electron chi connectivity index (χ4n) is 0.544. The van der Waals surface area contributed by atoms with Crippen LogP contribution in [0.3, 0.4) is 0 Å². The first kappa shape index (κ1) is 6.78. The molecule has 0 atom stereocenters. The Balaban J connectivity index is 2.84. The molecule has 0 aromatic carbocycles. The van der Waals surface area contributed by atoms with Crippen molar-refractivity contribution in [3.63, 3.8) is 0 Å². The van der Waals surface area contributed by atoms with Gasteiger partial charge in [0.25, 0.3) is 0 Å². The highest BCUT2D eigenvalue weighted by molar-refractivity contribution is 5.24. The average molecular weight is 136 g/mol. The Morgan fingerprint density at radius 2 is 2.60 bits per heavy atom. The van der Waals surface area contributed by atoms with Gasteiger partial charge in [-0.1, -0.05) is 11.1 Å². The smallest absolute Gasteiger partial charge is 0.131 e. The molecule has 1 aromatic heterocycles. The van der Waals surface area contributed by atoms with E-state index in [4.69, 9.17) is 5.73 Å². The minimum Gasteiger partial charge on any atom is -0.320 e. The van der Waals surface area contributed by atoms with E-state index in [-0.39, 0.29) is 0 Å². The van der Waals surface area contributed by atoms with Crippen LogP contribution in [0.25, 0.3) is 0 Å². The normalized spacial score (nSPS) is 8.60. The molecule has 0 amide bonds. The maximum Gasteiger partial charge on any atom is 0.131 e. The molecule has 1 rings (SSSR count). The van der Waals surface area contributed by atoms with Gasteiger partial charge in [0, 0.05) is 7.05 Å². The molecule has 0 bridgehead atoms. The van der Waals surface area contributed by atoms with Crippen molar-refractivity contribution < 1.29 is 0 Å². The van der Waals surface area contributed by atoms with Crippen LogP contribution in [0.5, 0.6) is 0 Å². The second-order valence-electron chi connectivity index (χ2n) is 1.75. The Morgan fingerprint density at radius 1 is 1.80 bits per heavy atom. The lowest BCUT2D eigenvalue weighted by atomic mass is 10.4. The third-order valence-corrected chi connectivity index (χ3v) is 1.03. The first-order chi connectivity index (χ1) is 4.84. The topological polar surface area (TPSA) is 56.7 Å². The van der Waals surface area contributed by atoms with Crippen molar-refractivity contribution in [2.75, 3.05) is 6.54 Å². The minimum atomic E-state index is 0.366. The molecule has 0 aliphatic heterocycles. The van der Waals surface area contributed by atoms with Crippen LogP contribution in [-0.4, -0.2) is 21.5 Å². The van der Waals surface area contributed by atoms with E-state index in [1.165, 1.54) is 0 Å². The van der Waals surface area contributed by atoms with Crippen LogP contribution in [-0.2, 0) is 7.05 Å². The Kier molecular flexibility index (Phi) is 2.03. The van der Waals surface area contributed by atoms with E-state index in [0.717, 1.165) is 5.69 Å². The summed E-state index contributed by atoms with van der Waals surface area (Å²) in [6.45, 7) is 0.366. The van der Waals surface area contributed by atoms with Gasteiger partial charge in [-0.3, -0.25) is 0 Å². The van der Waals surface area contributed by atoms with E-state index in [1.54, 1.807) is 17.9 Å². The summed E-state index contributed by atoms with van der Waals surface area (Å²) in [6, 6.07) is 0. The maximum atomic E-state index is 5.17. The summed E-state index contributed by atoms with van der Waals surface area (Å²) in [4.78, 5) is 0. The molecule has 0 unspecified atom stereocenters. The number of hydrogen-bond donors (Lipinski definition) is 1. The molecule has 1 heterocycles. The van der Waals surface area contributed by atoms with Crippen LogP contribution < -0.4 is 5.73 Å². The molecule has 0 radical (unpaired) electrons. The van der Waals surface area contributed by atoms with Crippen LogP contribution >= 0.6 is 0 Å². The van der Waals surface area contributed by atoms with Gasteiger partial charge in [0.15, 0.2) is 0 Å². The highest BCUT2D eigenvalue weighted by Crippen LogP contribution is 1.87. The summed E-state index contributed by atoms with van der Waals surface area (Å²) in [5, 5.41) is 7.34. The summed E-state index contributed by atoms with van der Waals surface area (Å²) in [5.74, 6) is 5.52. The van der Waals surface area contributed by atoms with Gasteiger partial charge in [-0.15, -0.1) is 5.10 Å². The van der Waals surface area contributed by atoms with Crippen LogP contribution in [0.15, 0.2) is 6.20 Å². The lowest BCUT2D eigenvalue weighted by molar-refractivity contribution is 0.708. The Morgan fingerprint density at radius 3 is 3.10 bits per heavy atom. The zero-order valence-corrected chi connectivity index (χ0v) is 5.70. The highest BCUT2D eigenvalue weighted by atomic mass is 15.4. The first-order valence-electron chi connectivity index (χ1n) is 2.88. The minimum absolute atomic E-state index is 0.366. The number of hydrogen-bond acceptors (Lipinski definition) is 3.